The normalized spacial score (nSPS) is 17.0. The lowest BCUT2D eigenvalue weighted by Crippen LogP contribution is -2.13. The van der Waals surface area contributed by atoms with Gasteiger partial charge < -0.3 is 0 Å². The van der Waals surface area contributed by atoms with Gasteiger partial charge in [-0.15, -0.1) is 0 Å². The molecule has 0 aromatic rings. The molecule has 0 aromatic heterocycles. The second-order valence-electron chi connectivity index (χ2n) is 3.43. The van der Waals surface area contributed by atoms with Crippen molar-refractivity contribution in [3.8, 4) is 11.8 Å². The SMILES string of the molecule is FC(F)(F)C#CC(=C1CCCC1)C(F)(F)F. The van der Waals surface area contributed by atoms with Gasteiger partial charge in [-0.25, -0.2) is 0 Å². The number of halogens is 6. The van der Waals surface area contributed by atoms with E-state index in [1.165, 1.54) is 5.92 Å². The smallest absolute Gasteiger partial charge is 0.165 e. The summed E-state index contributed by atoms with van der Waals surface area (Å²) >= 11 is 0. The van der Waals surface area contributed by atoms with E-state index in [4.69, 9.17) is 0 Å². The van der Waals surface area contributed by atoms with Gasteiger partial charge in [0.1, 0.15) is 5.57 Å². The summed E-state index contributed by atoms with van der Waals surface area (Å²) in [4.78, 5) is 0. The van der Waals surface area contributed by atoms with Crippen LogP contribution >= 0.6 is 0 Å². The van der Waals surface area contributed by atoms with Gasteiger partial charge in [-0.05, 0) is 31.3 Å². The van der Waals surface area contributed by atoms with Crippen LogP contribution < -0.4 is 0 Å². The Kier molecular flexibility index (Phi) is 3.56. The van der Waals surface area contributed by atoms with E-state index < -0.39 is 17.9 Å². The molecule has 1 aliphatic carbocycles. The monoisotopic (exact) mass is 242 g/mol. The first kappa shape index (κ1) is 12.9. The largest absolute Gasteiger partial charge is 0.458 e. The molecule has 0 atom stereocenters. The Morgan fingerprint density at radius 2 is 1.44 bits per heavy atom. The summed E-state index contributed by atoms with van der Waals surface area (Å²) in [5.41, 5.74) is -1.33. The molecule has 0 N–H and O–H groups in total. The summed E-state index contributed by atoms with van der Waals surface area (Å²) in [7, 11) is 0. The van der Waals surface area contributed by atoms with Crippen molar-refractivity contribution >= 4 is 0 Å². The van der Waals surface area contributed by atoms with E-state index in [0.29, 0.717) is 18.8 Å². The molecule has 1 saturated carbocycles. The second-order valence-corrected chi connectivity index (χ2v) is 3.43. The van der Waals surface area contributed by atoms with Gasteiger partial charge in [-0.2, -0.15) is 26.3 Å². The average Bonchev–Trinajstić information content (AvgIpc) is 2.52. The lowest BCUT2D eigenvalue weighted by Gasteiger charge is -2.09. The van der Waals surface area contributed by atoms with Crippen molar-refractivity contribution < 1.29 is 26.3 Å². The maximum absolute atomic E-state index is 12.4. The quantitative estimate of drug-likeness (QED) is 0.445. The minimum Gasteiger partial charge on any atom is -0.165 e. The third-order valence-electron chi connectivity index (χ3n) is 2.17. The Bertz CT molecular complexity index is 338. The Labute approximate surface area is 88.3 Å². The molecule has 0 saturated heterocycles. The van der Waals surface area contributed by atoms with E-state index in [-0.39, 0.29) is 18.4 Å². The summed E-state index contributed by atoms with van der Waals surface area (Å²) in [5.74, 6) is 1.90. The molecule has 1 rings (SSSR count). The van der Waals surface area contributed by atoms with E-state index in [0.717, 1.165) is 0 Å². The molecule has 90 valence electrons. The highest BCUT2D eigenvalue weighted by Crippen LogP contribution is 2.35. The van der Waals surface area contributed by atoms with Gasteiger partial charge >= 0.3 is 12.4 Å². The highest BCUT2D eigenvalue weighted by Gasteiger charge is 2.36. The number of hydrogen-bond donors (Lipinski definition) is 0. The molecule has 0 bridgehead atoms. The van der Waals surface area contributed by atoms with Crippen molar-refractivity contribution in [2.75, 3.05) is 0 Å². The lowest BCUT2D eigenvalue weighted by molar-refractivity contribution is -0.0885. The van der Waals surface area contributed by atoms with Crippen LogP contribution in [0, 0.1) is 11.8 Å². The third-order valence-corrected chi connectivity index (χ3v) is 2.17. The Balaban J connectivity index is 3.06. The zero-order valence-electron chi connectivity index (χ0n) is 8.10. The minimum absolute atomic E-state index is 0.00995. The predicted molar refractivity (Wildman–Crippen MR) is 45.4 cm³/mol. The number of allylic oxidation sites excluding steroid dienone is 2. The molecular formula is C10H8F6. The van der Waals surface area contributed by atoms with Gasteiger partial charge in [0.25, 0.3) is 0 Å². The van der Waals surface area contributed by atoms with Gasteiger partial charge in [0.2, 0.25) is 0 Å². The Morgan fingerprint density at radius 1 is 0.938 bits per heavy atom. The van der Waals surface area contributed by atoms with Gasteiger partial charge in [-0.1, -0.05) is 5.92 Å². The van der Waals surface area contributed by atoms with E-state index >= 15 is 0 Å². The molecule has 1 fully saturated rings. The summed E-state index contributed by atoms with van der Waals surface area (Å²) in [6.07, 6.45) is -8.18. The molecule has 0 nitrogen and oxygen atoms in total. The molecule has 0 aliphatic heterocycles. The molecule has 16 heavy (non-hydrogen) atoms. The zero-order valence-corrected chi connectivity index (χ0v) is 8.10. The van der Waals surface area contributed by atoms with Crippen molar-refractivity contribution in [3.05, 3.63) is 11.1 Å². The van der Waals surface area contributed by atoms with Crippen LogP contribution in [0.5, 0.6) is 0 Å². The molecule has 0 aromatic carbocycles. The van der Waals surface area contributed by atoms with Gasteiger partial charge in [0.05, 0.1) is 0 Å². The standard InChI is InChI=1S/C10H8F6/c11-9(12,13)6-5-8(10(14,15)16)7-3-1-2-4-7/h1-4H2. The molecular weight excluding hydrogens is 234 g/mol. The molecule has 0 heterocycles. The van der Waals surface area contributed by atoms with E-state index in [1.54, 1.807) is 0 Å². The van der Waals surface area contributed by atoms with Crippen molar-refractivity contribution in [2.24, 2.45) is 0 Å². The summed E-state index contributed by atoms with van der Waals surface area (Å²) in [6.45, 7) is 0. The van der Waals surface area contributed by atoms with Crippen molar-refractivity contribution in [1.82, 2.24) is 0 Å². The van der Waals surface area contributed by atoms with Crippen LogP contribution in [0.3, 0.4) is 0 Å². The summed E-state index contributed by atoms with van der Waals surface area (Å²) in [6, 6.07) is 0. The van der Waals surface area contributed by atoms with E-state index in [2.05, 4.69) is 0 Å². The van der Waals surface area contributed by atoms with Crippen LogP contribution in [0.15, 0.2) is 11.1 Å². The molecule has 6 heteroatoms. The van der Waals surface area contributed by atoms with E-state index in [9.17, 15) is 26.3 Å². The highest BCUT2D eigenvalue weighted by molar-refractivity contribution is 5.39. The molecule has 1 aliphatic rings. The summed E-state index contributed by atoms with van der Waals surface area (Å²) < 4.78 is 72.4. The Hall–Kier alpha value is -1.12. The summed E-state index contributed by atoms with van der Waals surface area (Å²) in [5, 5.41) is 0. The molecule has 0 spiro atoms. The second kappa shape index (κ2) is 4.40. The molecule has 0 unspecified atom stereocenters. The van der Waals surface area contributed by atoms with Crippen LogP contribution in [0.4, 0.5) is 26.3 Å². The fourth-order valence-corrected chi connectivity index (χ4v) is 1.54. The number of alkyl halides is 6. The first-order valence-electron chi connectivity index (χ1n) is 4.59. The fraction of sp³-hybridized carbons (Fsp3) is 0.600. The van der Waals surface area contributed by atoms with Crippen LogP contribution in [0.25, 0.3) is 0 Å². The maximum Gasteiger partial charge on any atom is 0.458 e. The van der Waals surface area contributed by atoms with Gasteiger partial charge in [0, 0.05) is 5.92 Å². The topological polar surface area (TPSA) is 0 Å². The van der Waals surface area contributed by atoms with Crippen molar-refractivity contribution in [2.45, 2.75) is 38.0 Å². The van der Waals surface area contributed by atoms with Crippen molar-refractivity contribution in [1.29, 1.82) is 0 Å². The Morgan fingerprint density at radius 3 is 1.81 bits per heavy atom. The minimum atomic E-state index is -4.89. The van der Waals surface area contributed by atoms with Gasteiger partial charge in [-0.3, -0.25) is 0 Å². The van der Waals surface area contributed by atoms with Gasteiger partial charge in [0.15, 0.2) is 0 Å². The molecule has 0 radical (unpaired) electrons. The van der Waals surface area contributed by atoms with E-state index in [1.807, 2.05) is 0 Å². The first-order valence-corrected chi connectivity index (χ1v) is 4.59. The van der Waals surface area contributed by atoms with Crippen LogP contribution in [0.2, 0.25) is 0 Å². The van der Waals surface area contributed by atoms with Crippen LogP contribution in [-0.4, -0.2) is 12.4 Å². The predicted octanol–water partition coefficient (Wildman–Crippen LogP) is 3.99. The third kappa shape index (κ3) is 3.80. The van der Waals surface area contributed by atoms with Crippen LogP contribution in [-0.2, 0) is 0 Å². The number of hydrogen-bond acceptors (Lipinski definition) is 0. The number of rotatable bonds is 0. The van der Waals surface area contributed by atoms with Crippen LogP contribution in [0.1, 0.15) is 25.7 Å². The highest BCUT2D eigenvalue weighted by atomic mass is 19.4. The first-order chi connectivity index (χ1) is 7.20. The maximum atomic E-state index is 12.4. The van der Waals surface area contributed by atoms with Crippen molar-refractivity contribution in [3.63, 3.8) is 0 Å². The zero-order chi connectivity index (χ0) is 12.4. The molecule has 0 amide bonds. The lowest BCUT2D eigenvalue weighted by atomic mass is 10.1. The fourth-order valence-electron chi connectivity index (χ4n) is 1.54. The average molecular weight is 242 g/mol.